The average molecular weight is 261 g/mol. The van der Waals surface area contributed by atoms with Gasteiger partial charge in [-0.1, -0.05) is 17.7 Å². The molecule has 0 saturated heterocycles. The van der Waals surface area contributed by atoms with Crippen LogP contribution in [0.25, 0.3) is 0 Å². The van der Waals surface area contributed by atoms with Gasteiger partial charge < -0.3 is 4.74 Å². The summed E-state index contributed by atoms with van der Waals surface area (Å²) >= 11 is 6.00. The van der Waals surface area contributed by atoms with Gasteiger partial charge in [-0.3, -0.25) is 4.98 Å². The normalized spacial score (nSPS) is 13.4. The summed E-state index contributed by atoms with van der Waals surface area (Å²) in [5, 5.41) is 0.506. The Balaban J connectivity index is 1.81. The lowest BCUT2D eigenvalue weighted by atomic mass is 10.2. The van der Waals surface area contributed by atoms with E-state index in [2.05, 4.69) is 9.97 Å². The Morgan fingerprint density at radius 1 is 1.28 bits per heavy atom. The molecule has 0 spiro atoms. The van der Waals surface area contributed by atoms with Crippen molar-refractivity contribution in [3.63, 3.8) is 0 Å². The van der Waals surface area contributed by atoms with Gasteiger partial charge in [0.15, 0.2) is 0 Å². The summed E-state index contributed by atoms with van der Waals surface area (Å²) in [6.45, 7) is 0.466. The standard InChI is InChI=1S/C14H13ClN2O/c15-14-8-13(11-5-3-6-12(11)17-14)18-9-10-4-1-2-7-16-10/h1-2,4,7-8H,3,5-6,9H2. The molecule has 2 heterocycles. The minimum atomic E-state index is 0.466. The van der Waals surface area contributed by atoms with Crippen LogP contribution < -0.4 is 4.74 Å². The van der Waals surface area contributed by atoms with Crippen LogP contribution in [0.4, 0.5) is 0 Å². The van der Waals surface area contributed by atoms with Crippen LogP contribution in [0, 0.1) is 0 Å². The maximum absolute atomic E-state index is 6.00. The SMILES string of the molecule is Clc1cc(OCc2ccccn2)c2c(n1)CCC2. The van der Waals surface area contributed by atoms with Gasteiger partial charge in [0.2, 0.25) is 0 Å². The fourth-order valence-electron chi connectivity index (χ4n) is 2.24. The van der Waals surface area contributed by atoms with Crippen LogP contribution in [0.5, 0.6) is 5.75 Å². The van der Waals surface area contributed by atoms with Crippen molar-refractivity contribution in [3.05, 3.63) is 52.6 Å². The fraction of sp³-hybridized carbons (Fsp3) is 0.286. The largest absolute Gasteiger partial charge is 0.487 e. The summed E-state index contributed by atoms with van der Waals surface area (Å²) in [4.78, 5) is 8.58. The lowest BCUT2D eigenvalue weighted by molar-refractivity contribution is 0.298. The Kier molecular flexibility index (Phi) is 3.15. The highest BCUT2D eigenvalue weighted by Crippen LogP contribution is 2.31. The van der Waals surface area contributed by atoms with Gasteiger partial charge >= 0.3 is 0 Å². The van der Waals surface area contributed by atoms with Gasteiger partial charge in [-0.05, 0) is 31.4 Å². The average Bonchev–Trinajstić information content (AvgIpc) is 2.85. The van der Waals surface area contributed by atoms with Gasteiger partial charge in [0.05, 0.1) is 5.69 Å². The maximum atomic E-state index is 6.00. The molecule has 0 radical (unpaired) electrons. The number of aromatic nitrogens is 2. The van der Waals surface area contributed by atoms with E-state index in [1.807, 2.05) is 18.2 Å². The Morgan fingerprint density at radius 2 is 2.22 bits per heavy atom. The Morgan fingerprint density at radius 3 is 3.06 bits per heavy atom. The first kappa shape index (κ1) is 11.5. The predicted molar refractivity (Wildman–Crippen MR) is 69.8 cm³/mol. The van der Waals surface area contributed by atoms with Crippen molar-refractivity contribution in [2.24, 2.45) is 0 Å². The van der Waals surface area contributed by atoms with Crippen LogP contribution >= 0.6 is 11.6 Å². The summed E-state index contributed by atoms with van der Waals surface area (Å²) in [7, 11) is 0. The lowest BCUT2D eigenvalue weighted by Crippen LogP contribution is -2.01. The fourth-order valence-corrected chi connectivity index (χ4v) is 2.44. The molecule has 3 nitrogen and oxygen atoms in total. The number of hydrogen-bond acceptors (Lipinski definition) is 3. The van der Waals surface area contributed by atoms with Gasteiger partial charge in [-0.15, -0.1) is 0 Å². The molecule has 1 aliphatic rings. The molecule has 0 atom stereocenters. The van der Waals surface area contributed by atoms with Gasteiger partial charge in [-0.2, -0.15) is 0 Å². The van der Waals surface area contributed by atoms with Crippen molar-refractivity contribution >= 4 is 11.6 Å². The first-order valence-electron chi connectivity index (χ1n) is 6.04. The van der Waals surface area contributed by atoms with E-state index in [9.17, 15) is 0 Å². The summed E-state index contributed by atoms with van der Waals surface area (Å²) < 4.78 is 5.83. The van der Waals surface area contributed by atoms with Crippen molar-refractivity contribution in [1.29, 1.82) is 0 Å². The van der Waals surface area contributed by atoms with E-state index in [1.165, 1.54) is 5.56 Å². The molecule has 2 aromatic heterocycles. The molecule has 4 heteroatoms. The first-order chi connectivity index (χ1) is 8.83. The molecule has 0 N–H and O–H groups in total. The molecule has 92 valence electrons. The molecular weight excluding hydrogens is 248 g/mol. The van der Waals surface area contributed by atoms with Crippen molar-refractivity contribution in [3.8, 4) is 5.75 Å². The van der Waals surface area contributed by atoms with E-state index in [4.69, 9.17) is 16.3 Å². The van der Waals surface area contributed by atoms with E-state index in [-0.39, 0.29) is 0 Å². The molecule has 0 fully saturated rings. The predicted octanol–water partition coefficient (Wildman–Crippen LogP) is 3.20. The Bertz CT molecular complexity index is 557. The molecule has 18 heavy (non-hydrogen) atoms. The van der Waals surface area contributed by atoms with E-state index >= 15 is 0 Å². The number of hydrogen-bond donors (Lipinski definition) is 0. The Hall–Kier alpha value is -1.61. The highest BCUT2D eigenvalue weighted by molar-refractivity contribution is 6.29. The molecule has 0 bridgehead atoms. The van der Waals surface area contributed by atoms with Crippen LogP contribution in [0.1, 0.15) is 23.4 Å². The molecule has 0 saturated carbocycles. The number of halogens is 1. The van der Waals surface area contributed by atoms with E-state index in [1.54, 1.807) is 12.3 Å². The minimum absolute atomic E-state index is 0.466. The quantitative estimate of drug-likeness (QED) is 0.795. The molecule has 0 aromatic carbocycles. The summed E-state index contributed by atoms with van der Waals surface area (Å²) in [5.41, 5.74) is 3.20. The van der Waals surface area contributed by atoms with Crippen molar-refractivity contribution < 1.29 is 4.74 Å². The monoisotopic (exact) mass is 260 g/mol. The third kappa shape index (κ3) is 2.31. The number of nitrogens with zero attached hydrogens (tertiary/aromatic N) is 2. The third-order valence-corrected chi connectivity index (χ3v) is 3.27. The number of fused-ring (bicyclic) bond motifs is 1. The van der Waals surface area contributed by atoms with Crippen LogP contribution in [-0.4, -0.2) is 9.97 Å². The van der Waals surface area contributed by atoms with Crippen molar-refractivity contribution in [2.75, 3.05) is 0 Å². The molecule has 0 aliphatic heterocycles. The van der Waals surface area contributed by atoms with E-state index < -0.39 is 0 Å². The van der Waals surface area contributed by atoms with Crippen molar-refractivity contribution in [2.45, 2.75) is 25.9 Å². The minimum Gasteiger partial charge on any atom is -0.487 e. The van der Waals surface area contributed by atoms with Gasteiger partial charge in [0, 0.05) is 23.5 Å². The third-order valence-electron chi connectivity index (χ3n) is 3.08. The lowest BCUT2D eigenvalue weighted by Gasteiger charge is -2.10. The van der Waals surface area contributed by atoms with Crippen LogP contribution in [0.2, 0.25) is 5.15 Å². The topological polar surface area (TPSA) is 35.0 Å². The first-order valence-corrected chi connectivity index (χ1v) is 6.42. The zero-order valence-corrected chi connectivity index (χ0v) is 10.7. The van der Waals surface area contributed by atoms with Crippen LogP contribution in [0.3, 0.4) is 0 Å². The molecule has 1 aliphatic carbocycles. The highest BCUT2D eigenvalue weighted by Gasteiger charge is 2.18. The number of aryl methyl sites for hydroxylation is 1. The summed E-state index contributed by atoms with van der Waals surface area (Å²) in [5.74, 6) is 0.855. The second-order valence-electron chi connectivity index (χ2n) is 4.33. The summed E-state index contributed by atoms with van der Waals surface area (Å²) in [6, 6.07) is 7.60. The molecule has 3 rings (SSSR count). The number of pyridine rings is 2. The van der Waals surface area contributed by atoms with Gasteiger partial charge in [-0.25, -0.2) is 4.98 Å². The Labute approximate surface area is 111 Å². The molecular formula is C14H13ClN2O. The summed E-state index contributed by atoms with van der Waals surface area (Å²) in [6.07, 6.45) is 4.91. The van der Waals surface area contributed by atoms with Crippen LogP contribution in [-0.2, 0) is 19.4 Å². The second kappa shape index (κ2) is 4.94. The second-order valence-corrected chi connectivity index (χ2v) is 4.72. The number of ether oxygens (including phenoxy) is 1. The molecule has 0 amide bonds. The zero-order chi connectivity index (χ0) is 12.4. The highest BCUT2D eigenvalue weighted by atomic mass is 35.5. The van der Waals surface area contributed by atoms with E-state index in [0.717, 1.165) is 36.4 Å². The van der Waals surface area contributed by atoms with Crippen molar-refractivity contribution in [1.82, 2.24) is 9.97 Å². The molecule has 0 unspecified atom stereocenters. The van der Waals surface area contributed by atoms with E-state index in [0.29, 0.717) is 11.8 Å². The van der Waals surface area contributed by atoms with Gasteiger partial charge in [0.1, 0.15) is 17.5 Å². The van der Waals surface area contributed by atoms with Gasteiger partial charge in [0.25, 0.3) is 0 Å². The van der Waals surface area contributed by atoms with Crippen LogP contribution in [0.15, 0.2) is 30.5 Å². The number of rotatable bonds is 3. The smallest absolute Gasteiger partial charge is 0.133 e. The maximum Gasteiger partial charge on any atom is 0.133 e. The molecule has 2 aromatic rings. The zero-order valence-electron chi connectivity index (χ0n) is 9.90.